The Balaban J connectivity index is 1.79. The summed E-state index contributed by atoms with van der Waals surface area (Å²) in [4.78, 5) is 14.9. The summed E-state index contributed by atoms with van der Waals surface area (Å²) < 4.78 is 42.3. The summed E-state index contributed by atoms with van der Waals surface area (Å²) in [7, 11) is 0. The number of alkyl halides is 3. The average molecular weight is 468 g/mol. The van der Waals surface area contributed by atoms with Crippen molar-refractivity contribution in [3.05, 3.63) is 59.8 Å². The number of carbonyl (C=O) groups excluding carboxylic acids is 1. The maximum absolute atomic E-state index is 13.0. The van der Waals surface area contributed by atoms with E-state index in [0.29, 0.717) is 30.6 Å². The molecule has 1 atom stereocenters. The number of carbonyl (C=O) groups is 1. The second-order valence-electron chi connectivity index (χ2n) is 7.54. The van der Waals surface area contributed by atoms with E-state index in [0.717, 1.165) is 25.1 Å². The number of likely N-dealkylation sites (tertiary alicyclic amines) is 1. The van der Waals surface area contributed by atoms with Gasteiger partial charge in [-0.3, -0.25) is 4.79 Å². The van der Waals surface area contributed by atoms with E-state index in [1.807, 2.05) is 4.90 Å². The first-order chi connectivity index (χ1) is 15.2. The molecule has 1 heterocycles. The minimum absolute atomic E-state index is 0.188. The van der Waals surface area contributed by atoms with Crippen LogP contribution in [-0.4, -0.2) is 36.3 Å². The number of hydrogen-bond donors (Lipinski definition) is 2. The van der Waals surface area contributed by atoms with Crippen molar-refractivity contribution in [1.82, 2.24) is 4.90 Å². The van der Waals surface area contributed by atoms with Gasteiger partial charge in [-0.2, -0.15) is 0 Å². The van der Waals surface area contributed by atoms with Gasteiger partial charge in [0.05, 0.1) is 5.02 Å². The highest BCUT2D eigenvalue weighted by Crippen LogP contribution is 2.38. The molecule has 1 aliphatic rings. The van der Waals surface area contributed by atoms with Crippen LogP contribution in [0.25, 0.3) is 11.1 Å². The van der Waals surface area contributed by atoms with Gasteiger partial charge in [-0.15, -0.1) is 13.2 Å². The van der Waals surface area contributed by atoms with Crippen LogP contribution in [0.1, 0.15) is 25.7 Å². The van der Waals surface area contributed by atoms with Crippen molar-refractivity contribution in [3.63, 3.8) is 0 Å². The number of anilines is 1. The van der Waals surface area contributed by atoms with E-state index in [1.54, 1.807) is 18.2 Å². The number of benzene rings is 2. The molecule has 0 aromatic heterocycles. The molecule has 32 heavy (non-hydrogen) atoms. The molecule has 0 radical (unpaired) electrons. The van der Waals surface area contributed by atoms with Crippen molar-refractivity contribution in [3.8, 4) is 16.9 Å². The third-order valence-corrected chi connectivity index (χ3v) is 5.60. The minimum atomic E-state index is -4.82. The lowest BCUT2D eigenvalue weighted by Crippen LogP contribution is -2.46. The largest absolute Gasteiger partial charge is 0.573 e. The smallest absolute Gasteiger partial charge is 0.405 e. The molecule has 0 spiro atoms. The fraction of sp³-hybridized carbons (Fsp3) is 0.348. The summed E-state index contributed by atoms with van der Waals surface area (Å²) in [6, 6.07) is 10.1. The molecule has 1 aliphatic heterocycles. The fourth-order valence-electron chi connectivity index (χ4n) is 3.83. The third-order valence-electron chi connectivity index (χ3n) is 5.28. The van der Waals surface area contributed by atoms with Crippen molar-refractivity contribution >= 4 is 23.2 Å². The Morgan fingerprint density at radius 3 is 2.66 bits per heavy atom. The van der Waals surface area contributed by atoms with Gasteiger partial charge in [0.1, 0.15) is 11.8 Å². The Morgan fingerprint density at radius 1 is 1.22 bits per heavy atom. The average Bonchev–Trinajstić information content (AvgIpc) is 2.73. The lowest BCUT2D eigenvalue weighted by Gasteiger charge is -2.37. The Labute approximate surface area is 190 Å². The zero-order valence-electron chi connectivity index (χ0n) is 17.4. The number of rotatable bonds is 7. The summed E-state index contributed by atoms with van der Waals surface area (Å²) in [5, 5.41) is 3.05. The predicted octanol–water partition coefficient (Wildman–Crippen LogP) is 5.56. The number of hydrogen-bond acceptors (Lipinski definition) is 4. The molecule has 2 aromatic carbocycles. The first-order valence-corrected chi connectivity index (χ1v) is 10.7. The minimum Gasteiger partial charge on any atom is -0.405 e. The fourth-order valence-corrected chi connectivity index (χ4v) is 4.11. The van der Waals surface area contributed by atoms with Crippen molar-refractivity contribution in [2.24, 2.45) is 5.73 Å². The molecule has 1 fully saturated rings. The third kappa shape index (κ3) is 5.95. The number of ether oxygens (including phenoxy) is 1. The van der Waals surface area contributed by atoms with Crippen LogP contribution in [0.4, 0.5) is 18.9 Å². The molecule has 1 saturated heterocycles. The van der Waals surface area contributed by atoms with Gasteiger partial charge in [0.2, 0.25) is 5.91 Å². The molecule has 0 bridgehead atoms. The molecule has 1 amide bonds. The van der Waals surface area contributed by atoms with Crippen LogP contribution in [0.5, 0.6) is 5.75 Å². The Morgan fingerprint density at radius 2 is 1.97 bits per heavy atom. The van der Waals surface area contributed by atoms with E-state index in [2.05, 4.69) is 16.6 Å². The van der Waals surface area contributed by atoms with Crippen LogP contribution in [-0.2, 0) is 4.79 Å². The maximum atomic E-state index is 13.0. The van der Waals surface area contributed by atoms with Gasteiger partial charge in [0.15, 0.2) is 0 Å². The molecule has 1 unspecified atom stereocenters. The van der Waals surface area contributed by atoms with Gasteiger partial charge in [0.25, 0.3) is 0 Å². The van der Waals surface area contributed by atoms with Crippen LogP contribution in [0.15, 0.2) is 54.7 Å². The number of nitrogens with two attached hydrogens (primary N) is 1. The van der Waals surface area contributed by atoms with Gasteiger partial charge in [-0.05, 0) is 50.4 Å². The number of amides is 1. The second-order valence-corrected chi connectivity index (χ2v) is 7.94. The topological polar surface area (TPSA) is 67.6 Å². The number of para-hydroxylation sites is 1. The SMILES string of the molecule is C=C(CCN)N1CCCCC1C(=O)Nc1ccc(-c2ccccc2OC(F)(F)F)c(Cl)c1. The Hall–Kier alpha value is -2.71. The van der Waals surface area contributed by atoms with E-state index in [9.17, 15) is 18.0 Å². The highest BCUT2D eigenvalue weighted by molar-refractivity contribution is 6.33. The number of piperidine rings is 1. The van der Waals surface area contributed by atoms with E-state index in [4.69, 9.17) is 17.3 Å². The molecule has 3 rings (SSSR count). The summed E-state index contributed by atoms with van der Waals surface area (Å²) in [5.41, 5.74) is 7.48. The normalized spacial score (nSPS) is 16.5. The molecule has 5 nitrogen and oxygen atoms in total. The monoisotopic (exact) mass is 467 g/mol. The van der Waals surface area contributed by atoms with Crippen molar-refractivity contribution in [2.75, 3.05) is 18.4 Å². The van der Waals surface area contributed by atoms with Crippen LogP contribution in [0.2, 0.25) is 5.02 Å². The van der Waals surface area contributed by atoms with Crippen LogP contribution < -0.4 is 15.8 Å². The van der Waals surface area contributed by atoms with Crippen molar-refractivity contribution in [2.45, 2.75) is 38.1 Å². The Kier molecular flexibility index (Phi) is 7.69. The Bertz CT molecular complexity index is 981. The molecule has 0 aliphatic carbocycles. The van der Waals surface area contributed by atoms with E-state index in [-0.39, 0.29) is 28.3 Å². The molecule has 2 aromatic rings. The molecule has 0 saturated carbocycles. The number of nitrogens with one attached hydrogen (secondary N) is 1. The number of halogens is 4. The molecule has 3 N–H and O–H groups in total. The molecular formula is C23H25ClF3N3O2. The molecule has 172 valence electrons. The molecular weight excluding hydrogens is 443 g/mol. The first kappa shape index (κ1) is 23.9. The van der Waals surface area contributed by atoms with Gasteiger partial charge in [-0.25, -0.2) is 0 Å². The van der Waals surface area contributed by atoms with E-state index < -0.39 is 6.36 Å². The first-order valence-electron chi connectivity index (χ1n) is 10.3. The van der Waals surface area contributed by atoms with Crippen molar-refractivity contribution < 1.29 is 22.7 Å². The van der Waals surface area contributed by atoms with E-state index >= 15 is 0 Å². The number of nitrogens with zero attached hydrogens (tertiary/aromatic N) is 1. The van der Waals surface area contributed by atoms with E-state index in [1.165, 1.54) is 24.3 Å². The quantitative estimate of drug-likeness (QED) is 0.559. The zero-order valence-corrected chi connectivity index (χ0v) is 18.2. The maximum Gasteiger partial charge on any atom is 0.573 e. The standard InChI is InChI=1S/C23H25ClF3N3O2/c1-15(11-12-28)30-13-5-4-7-20(30)22(31)29-16-9-10-17(19(24)14-16)18-6-2-3-8-21(18)32-23(25,26)27/h2-3,6,8-10,14,20H,1,4-5,7,11-13,28H2,(H,29,31). The highest BCUT2D eigenvalue weighted by Gasteiger charge is 2.32. The summed E-state index contributed by atoms with van der Waals surface area (Å²) >= 11 is 6.37. The summed E-state index contributed by atoms with van der Waals surface area (Å²) in [6.07, 6.45) is -1.60. The summed E-state index contributed by atoms with van der Waals surface area (Å²) in [5.74, 6) is -0.539. The lowest BCUT2D eigenvalue weighted by molar-refractivity contribution is -0.274. The second kappa shape index (κ2) is 10.3. The van der Waals surface area contributed by atoms with Gasteiger partial charge < -0.3 is 20.7 Å². The van der Waals surface area contributed by atoms with Gasteiger partial charge in [0, 0.05) is 29.1 Å². The van der Waals surface area contributed by atoms with Gasteiger partial charge in [-0.1, -0.05) is 42.4 Å². The predicted molar refractivity (Wildman–Crippen MR) is 119 cm³/mol. The highest BCUT2D eigenvalue weighted by atomic mass is 35.5. The molecule has 9 heteroatoms. The van der Waals surface area contributed by atoms with Crippen LogP contribution in [0, 0.1) is 0 Å². The van der Waals surface area contributed by atoms with Crippen molar-refractivity contribution in [1.29, 1.82) is 0 Å². The summed E-state index contributed by atoms with van der Waals surface area (Å²) in [6.45, 7) is 5.25. The van der Waals surface area contributed by atoms with Crippen LogP contribution >= 0.6 is 11.6 Å². The van der Waals surface area contributed by atoms with Crippen LogP contribution in [0.3, 0.4) is 0 Å². The lowest BCUT2D eigenvalue weighted by atomic mass is 9.99. The zero-order chi connectivity index (χ0) is 23.3. The van der Waals surface area contributed by atoms with Gasteiger partial charge >= 0.3 is 6.36 Å².